The minimum atomic E-state index is -4.49. The van der Waals surface area contributed by atoms with E-state index in [9.17, 15) is 26.4 Å². The third-order valence-electron chi connectivity index (χ3n) is 4.61. The number of nitrogens with one attached hydrogen (secondary N) is 2. The van der Waals surface area contributed by atoms with E-state index < -0.39 is 27.7 Å². The first-order valence-corrected chi connectivity index (χ1v) is 11.6. The Morgan fingerprint density at radius 2 is 1.72 bits per heavy atom. The summed E-state index contributed by atoms with van der Waals surface area (Å²) in [5, 5.41) is 6.61. The standard InChI is InChI=1S/C22H17F3N6O4S/c23-22(24,25)15-3-1-4-17(13-15)35-14-31-12-9-19(29-31)20(32)28-16-5-7-18(8-6-16)36(33,34)30-21-26-10-2-11-27-21/h1-13H,14H2,(H,28,32)(H,26,27,30). The first-order valence-electron chi connectivity index (χ1n) is 10.1. The van der Waals surface area contributed by atoms with Crippen molar-refractivity contribution < 1.29 is 31.1 Å². The van der Waals surface area contributed by atoms with Crippen LogP contribution in [0.2, 0.25) is 0 Å². The van der Waals surface area contributed by atoms with Crippen LogP contribution in [0.15, 0.2) is 84.1 Å². The molecule has 0 atom stereocenters. The summed E-state index contributed by atoms with van der Waals surface area (Å²) < 4.78 is 72.1. The van der Waals surface area contributed by atoms with E-state index >= 15 is 0 Å². The Morgan fingerprint density at radius 3 is 2.42 bits per heavy atom. The molecular formula is C22H17F3N6O4S. The molecule has 1 amide bonds. The van der Waals surface area contributed by atoms with Crippen LogP contribution in [-0.2, 0) is 22.9 Å². The fourth-order valence-corrected chi connectivity index (χ4v) is 3.86. The van der Waals surface area contributed by atoms with Gasteiger partial charge in [-0.15, -0.1) is 0 Å². The number of alkyl halides is 3. The molecule has 0 saturated heterocycles. The lowest BCUT2D eigenvalue weighted by molar-refractivity contribution is -0.137. The first-order chi connectivity index (χ1) is 17.1. The quantitative estimate of drug-likeness (QED) is 0.363. The van der Waals surface area contributed by atoms with E-state index in [0.717, 1.165) is 12.1 Å². The lowest BCUT2D eigenvalue weighted by Gasteiger charge is -2.10. The Labute approximate surface area is 202 Å². The predicted molar refractivity (Wildman–Crippen MR) is 122 cm³/mol. The van der Waals surface area contributed by atoms with Crippen LogP contribution >= 0.6 is 0 Å². The van der Waals surface area contributed by atoms with E-state index in [1.165, 1.54) is 65.7 Å². The molecule has 4 rings (SSSR count). The van der Waals surface area contributed by atoms with E-state index in [2.05, 4.69) is 25.1 Å². The summed E-state index contributed by atoms with van der Waals surface area (Å²) in [6.07, 6.45) is -0.286. The van der Waals surface area contributed by atoms with Crippen molar-refractivity contribution in [2.24, 2.45) is 0 Å². The number of rotatable bonds is 8. The maximum absolute atomic E-state index is 12.8. The molecule has 0 fully saturated rings. The van der Waals surface area contributed by atoms with Crippen molar-refractivity contribution in [3.8, 4) is 5.75 Å². The Bertz CT molecular complexity index is 1460. The molecule has 0 radical (unpaired) electrons. The van der Waals surface area contributed by atoms with Crippen LogP contribution in [-0.4, -0.2) is 34.1 Å². The minimum absolute atomic E-state index is 0.00492. The summed E-state index contributed by atoms with van der Waals surface area (Å²) in [6.45, 7) is -0.223. The Morgan fingerprint density at radius 1 is 1.00 bits per heavy atom. The smallest absolute Gasteiger partial charge is 0.416 e. The summed E-state index contributed by atoms with van der Waals surface area (Å²) in [4.78, 5) is 20.0. The van der Waals surface area contributed by atoms with E-state index in [4.69, 9.17) is 4.74 Å². The molecular weight excluding hydrogens is 501 g/mol. The number of hydrogen-bond acceptors (Lipinski definition) is 7. The van der Waals surface area contributed by atoms with Gasteiger partial charge < -0.3 is 10.1 Å². The van der Waals surface area contributed by atoms with Gasteiger partial charge in [-0.2, -0.15) is 18.3 Å². The predicted octanol–water partition coefficient (Wildman–Crippen LogP) is 3.78. The topological polar surface area (TPSA) is 128 Å². The monoisotopic (exact) mass is 518 g/mol. The van der Waals surface area contributed by atoms with Gasteiger partial charge in [-0.25, -0.2) is 27.8 Å². The zero-order valence-electron chi connectivity index (χ0n) is 18.2. The lowest BCUT2D eigenvalue weighted by Crippen LogP contribution is -2.16. The van der Waals surface area contributed by atoms with Gasteiger partial charge in [-0.1, -0.05) is 6.07 Å². The summed E-state index contributed by atoms with van der Waals surface area (Å²) >= 11 is 0. The molecule has 0 aliphatic heterocycles. The van der Waals surface area contributed by atoms with Crippen LogP contribution in [0, 0.1) is 0 Å². The third-order valence-corrected chi connectivity index (χ3v) is 5.96. The minimum Gasteiger partial charge on any atom is -0.471 e. The van der Waals surface area contributed by atoms with Gasteiger partial charge in [-0.3, -0.25) is 4.79 Å². The summed E-state index contributed by atoms with van der Waals surface area (Å²) in [5.74, 6) is -0.670. The normalized spacial score (nSPS) is 11.6. The number of carbonyl (C=O) groups is 1. The fraction of sp³-hybridized carbons (Fsp3) is 0.0909. The van der Waals surface area contributed by atoms with Crippen LogP contribution in [0.3, 0.4) is 0 Å². The average molecular weight is 518 g/mol. The van der Waals surface area contributed by atoms with Crippen molar-refractivity contribution in [3.05, 3.63) is 90.5 Å². The molecule has 0 aliphatic carbocycles. The second-order valence-electron chi connectivity index (χ2n) is 7.20. The molecule has 2 aromatic heterocycles. The van der Waals surface area contributed by atoms with E-state index in [1.807, 2.05) is 0 Å². The fourth-order valence-electron chi connectivity index (χ4n) is 2.90. The molecule has 2 N–H and O–H groups in total. The van der Waals surface area contributed by atoms with Crippen molar-refractivity contribution in [2.75, 3.05) is 10.0 Å². The summed E-state index contributed by atoms with van der Waals surface area (Å²) in [6, 6.07) is 12.7. The molecule has 186 valence electrons. The molecule has 0 saturated carbocycles. The lowest BCUT2D eigenvalue weighted by atomic mass is 10.2. The number of halogens is 3. The number of ether oxygens (including phenoxy) is 1. The van der Waals surface area contributed by atoms with Crippen LogP contribution in [0.25, 0.3) is 0 Å². The second kappa shape index (κ2) is 10.0. The van der Waals surface area contributed by atoms with Crippen LogP contribution in [0.5, 0.6) is 5.75 Å². The molecule has 0 spiro atoms. The number of nitrogens with zero attached hydrogens (tertiary/aromatic N) is 4. The van der Waals surface area contributed by atoms with Crippen molar-refractivity contribution in [1.29, 1.82) is 0 Å². The molecule has 14 heteroatoms. The SMILES string of the molecule is O=C(Nc1ccc(S(=O)(=O)Nc2ncccn2)cc1)c1ccn(COc2cccc(C(F)(F)F)c2)n1. The van der Waals surface area contributed by atoms with Crippen molar-refractivity contribution in [3.63, 3.8) is 0 Å². The number of carbonyl (C=O) groups excluding carboxylic acids is 1. The molecule has 2 heterocycles. The number of amides is 1. The van der Waals surface area contributed by atoms with E-state index in [-0.39, 0.29) is 29.0 Å². The number of sulfonamides is 1. The van der Waals surface area contributed by atoms with Gasteiger partial charge in [0.15, 0.2) is 12.4 Å². The largest absolute Gasteiger partial charge is 0.471 e. The second-order valence-corrected chi connectivity index (χ2v) is 8.88. The highest BCUT2D eigenvalue weighted by atomic mass is 32.2. The average Bonchev–Trinajstić information content (AvgIpc) is 3.32. The van der Waals surface area contributed by atoms with Crippen LogP contribution in [0.1, 0.15) is 16.1 Å². The Kier molecular flexibility index (Phi) is 6.87. The molecule has 4 aromatic rings. The molecule has 2 aromatic carbocycles. The van der Waals surface area contributed by atoms with Gasteiger partial charge in [0.05, 0.1) is 10.5 Å². The zero-order valence-corrected chi connectivity index (χ0v) is 19.0. The van der Waals surface area contributed by atoms with Gasteiger partial charge in [-0.05, 0) is 54.6 Å². The van der Waals surface area contributed by atoms with E-state index in [0.29, 0.717) is 5.69 Å². The number of aromatic nitrogens is 4. The third kappa shape index (κ3) is 6.15. The van der Waals surface area contributed by atoms with Crippen molar-refractivity contribution in [1.82, 2.24) is 19.7 Å². The maximum Gasteiger partial charge on any atom is 0.416 e. The molecule has 10 nitrogen and oxygen atoms in total. The summed E-state index contributed by atoms with van der Waals surface area (Å²) in [5.41, 5.74) is -0.518. The Balaban J connectivity index is 1.35. The zero-order chi connectivity index (χ0) is 25.8. The maximum atomic E-state index is 12.8. The highest BCUT2D eigenvalue weighted by molar-refractivity contribution is 7.92. The molecule has 36 heavy (non-hydrogen) atoms. The number of benzene rings is 2. The van der Waals surface area contributed by atoms with Crippen LogP contribution < -0.4 is 14.8 Å². The first kappa shape index (κ1) is 24.7. The molecule has 0 unspecified atom stereocenters. The van der Waals surface area contributed by atoms with Gasteiger partial charge in [0.1, 0.15) is 5.75 Å². The number of anilines is 2. The van der Waals surface area contributed by atoms with Gasteiger partial charge in [0, 0.05) is 24.3 Å². The highest BCUT2D eigenvalue weighted by Crippen LogP contribution is 2.31. The summed E-state index contributed by atoms with van der Waals surface area (Å²) in [7, 11) is -3.93. The highest BCUT2D eigenvalue weighted by Gasteiger charge is 2.30. The molecule has 0 aliphatic rings. The van der Waals surface area contributed by atoms with Gasteiger partial charge >= 0.3 is 6.18 Å². The van der Waals surface area contributed by atoms with E-state index in [1.54, 1.807) is 6.07 Å². The Hall–Kier alpha value is -4.46. The number of hydrogen-bond donors (Lipinski definition) is 2. The van der Waals surface area contributed by atoms with Crippen molar-refractivity contribution >= 4 is 27.6 Å². The molecule has 0 bridgehead atoms. The van der Waals surface area contributed by atoms with Crippen LogP contribution in [0.4, 0.5) is 24.8 Å². The van der Waals surface area contributed by atoms with Gasteiger partial charge in [0.25, 0.3) is 15.9 Å². The van der Waals surface area contributed by atoms with Gasteiger partial charge in [0.2, 0.25) is 5.95 Å². The van der Waals surface area contributed by atoms with Crippen molar-refractivity contribution in [2.45, 2.75) is 17.8 Å².